The molecule has 1 N–H and O–H groups in total. The summed E-state index contributed by atoms with van der Waals surface area (Å²) in [6.07, 6.45) is 0. The second-order valence-electron chi connectivity index (χ2n) is 4.05. The Morgan fingerprint density at radius 3 is 2.41 bits per heavy atom. The van der Waals surface area contributed by atoms with Gasteiger partial charge in [-0.25, -0.2) is 4.39 Å². The number of ether oxygens (including phenoxy) is 1. The molecule has 0 atom stereocenters. The van der Waals surface area contributed by atoms with E-state index < -0.39 is 23.1 Å². The van der Waals surface area contributed by atoms with E-state index in [1.165, 1.54) is 39.2 Å². The zero-order chi connectivity index (χ0) is 13.1. The number of nitrogens with one attached hydrogen (secondary N) is 1. The lowest BCUT2D eigenvalue weighted by Gasteiger charge is -2.20. The minimum absolute atomic E-state index is 0.0366. The minimum Gasteiger partial charge on any atom is -0.468 e. The molecule has 0 heterocycles. The molecule has 0 aliphatic heterocycles. The Kier molecular flexibility index (Phi) is 3.83. The van der Waals surface area contributed by atoms with Crippen molar-refractivity contribution in [3.8, 4) is 0 Å². The number of para-hydroxylation sites is 1. The van der Waals surface area contributed by atoms with Crippen LogP contribution in [0, 0.1) is 11.2 Å². The molecule has 1 aromatic carbocycles. The fraction of sp³-hybridized carbons (Fsp3) is 0.333. The van der Waals surface area contributed by atoms with Crippen LogP contribution in [0.15, 0.2) is 24.3 Å². The first-order valence-corrected chi connectivity index (χ1v) is 5.04. The Bertz CT molecular complexity index is 443. The highest BCUT2D eigenvalue weighted by Gasteiger charge is 2.37. The monoisotopic (exact) mass is 239 g/mol. The third kappa shape index (κ3) is 2.81. The van der Waals surface area contributed by atoms with E-state index in [4.69, 9.17) is 0 Å². The van der Waals surface area contributed by atoms with Gasteiger partial charge >= 0.3 is 5.97 Å². The number of esters is 1. The third-order valence-electron chi connectivity index (χ3n) is 2.39. The summed E-state index contributed by atoms with van der Waals surface area (Å²) in [5, 5.41) is 2.35. The van der Waals surface area contributed by atoms with E-state index in [1.807, 2.05) is 0 Å². The number of halogens is 1. The normalized spacial score (nSPS) is 10.8. The molecular formula is C12H14FNO3. The lowest BCUT2D eigenvalue weighted by Crippen LogP contribution is -2.39. The maximum atomic E-state index is 13.3. The maximum Gasteiger partial charge on any atom is 0.320 e. The molecule has 0 radical (unpaired) electrons. The number of amides is 1. The Hall–Kier alpha value is -1.91. The fourth-order valence-corrected chi connectivity index (χ4v) is 1.19. The van der Waals surface area contributed by atoms with E-state index in [-0.39, 0.29) is 5.69 Å². The highest BCUT2D eigenvalue weighted by atomic mass is 19.1. The van der Waals surface area contributed by atoms with Crippen LogP contribution in [0.4, 0.5) is 10.1 Å². The summed E-state index contributed by atoms with van der Waals surface area (Å²) in [5.74, 6) is -1.85. The third-order valence-corrected chi connectivity index (χ3v) is 2.39. The molecule has 0 saturated heterocycles. The summed E-state index contributed by atoms with van der Waals surface area (Å²) in [7, 11) is 1.19. The van der Waals surface area contributed by atoms with Crippen molar-refractivity contribution in [1.29, 1.82) is 0 Å². The van der Waals surface area contributed by atoms with Crippen LogP contribution in [0.5, 0.6) is 0 Å². The van der Waals surface area contributed by atoms with Crippen LogP contribution in [0.25, 0.3) is 0 Å². The number of carbonyl (C=O) groups is 2. The molecule has 0 saturated carbocycles. The van der Waals surface area contributed by atoms with Gasteiger partial charge in [0.05, 0.1) is 12.8 Å². The van der Waals surface area contributed by atoms with Crippen molar-refractivity contribution in [3.63, 3.8) is 0 Å². The van der Waals surface area contributed by atoms with Crippen molar-refractivity contribution in [1.82, 2.24) is 0 Å². The second kappa shape index (κ2) is 4.95. The van der Waals surface area contributed by atoms with Gasteiger partial charge in [0.15, 0.2) is 0 Å². The van der Waals surface area contributed by atoms with E-state index in [2.05, 4.69) is 10.1 Å². The molecule has 5 heteroatoms. The van der Waals surface area contributed by atoms with Crippen molar-refractivity contribution in [2.24, 2.45) is 5.41 Å². The molecule has 92 valence electrons. The van der Waals surface area contributed by atoms with E-state index in [0.29, 0.717) is 0 Å². The van der Waals surface area contributed by atoms with Gasteiger partial charge in [-0.05, 0) is 26.0 Å². The molecule has 0 aromatic heterocycles. The molecule has 17 heavy (non-hydrogen) atoms. The van der Waals surface area contributed by atoms with E-state index in [1.54, 1.807) is 6.07 Å². The van der Waals surface area contributed by atoms with E-state index >= 15 is 0 Å². The number of carbonyl (C=O) groups excluding carboxylic acids is 2. The van der Waals surface area contributed by atoms with Crippen LogP contribution >= 0.6 is 0 Å². The van der Waals surface area contributed by atoms with Crippen LogP contribution in [-0.4, -0.2) is 19.0 Å². The lowest BCUT2D eigenvalue weighted by atomic mass is 9.92. The van der Waals surface area contributed by atoms with Gasteiger partial charge in [0.1, 0.15) is 11.2 Å². The molecule has 0 fully saturated rings. The average molecular weight is 239 g/mol. The van der Waals surface area contributed by atoms with Crippen molar-refractivity contribution in [2.75, 3.05) is 12.4 Å². The number of hydrogen-bond donors (Lipinski definition) is 1. The van der Waals surface area contributed by atoms with Crippen LogP contribution in [-0.2, 0) is 14.3 Å². The molecule has 0 spiro atoms. The molecular weight excluding hydrogens is 225 g/mol. The van der Waals surface area contributed by atoms with Crippen LogP contribution in [0.1, 0.15) is 13.8 Å². The fourth-order valence-electron chi connectivity index (χ4n) is 1.19. The van der Waals surface area contributed by atoms with E-state index in [9.17, 15) is 14.0 Å². The predicted molar refractivity (Wildman–Crippen MR) is 60.8 cm³/mol. The molecule has 0 aliphatic rings. The van der Waals surface area contributed by atoms with Crippen LogP contribution in [0.2, 0.25) is 0 Å². The molecule has 1 rings (SSSR count). The quantitative estimate of drug-likeness (QED) is 0.648. The van der Waals surface area contributed by atoms with Gasteiger partial charge in [0.25, 0.3) is 0 Å². The van der Waals surface area contributed by atoms with Gasteiger partial charge in [0.2, 0.25) is 5.91 Å². The summed E-state index contributed by atoms with van der Waals surface area (Å²) >= 11 is 0. The highest BCUT2D eigenvalue weighted by Crippen LogP contribution is 2.21. The zero-order valence-electron chi connectivity index (χ0n) is 9.91. The minimum atomic E-state index is -1.36. The number of rotatable bonds is 3. The van der Waals surface area contributed by atoms with Crippen LogP contribution in [0.3, 0.4) is 0 Å². The average Bonchev–Trinajstić information content (AvgIpc) is 2.30. The Balaban J connectivity index is 2.87. The van der Waals surface area contributed by atoms with E-state index in [0.717, 1.165) is 0 Å². The Morgan fingerprint density at radius 1 is 1.29 bits per heavy atom. The van der Waals surface area contributed by atoms with Crippen molar-refractivity contribution in [3.05, 3.63) is 30.1 Å². The number of hydrogen-bond acceptors (Lipinski definition) is 3. The molecule has 1 amide bonds. The van der Waals surface area contributed by atoms with Gasteiger partial charge in [-0.15, -0.1) is 0 Å². The Labute approximate surface area is 98.8 Å². The first kappa shape index (κ1) is 13.2. The standard InChI is InChI=1S/C12H14FNO3/c1-12(2,11(16)17-3)10(15)14-9-7-5-4-6-8(9)13/h4-7H,1-3H3,(H,14,15). The highest BCUT2D eigenvalue weighted by molar-refractivity contribution is 6.08. The smallest absolute Gasteiger partial charge is 0.320 e. The maximum absolute atomic E-state index is 13.3. The summed E-state index contributed by atoms with van der Waals surface area (Å²) in [6.45, 7) is 2.82. The zero-order valence-corrected chi connectivity index (χ0v) is 9.91. The van der Waals surface area contributed by atoms with Crippen molar-refractivity contribution >= 4 is 17.6 Å². The number of benzene rings is 1. The SMILES string of the molecule is COC(=O)C(C)(C)C(=O)Nc1ccccc1F. The van der Waals surface area contributed by atoms with Crippen molar-refractivity contribution in [2.45, 2.75) is 13.8 Å². The second-order valence-corrected chi connectivity index (χ2v) is 4.05. The summed E-state index contributed by atoms with van der Waals surface area (Å²) in [5.41, 5.74) is -1.33. The van der Waals surface area contributed by atoms with Crippen LogP contribution < -0.4 is 5.32 Å². The molecule has 4 nitrogen and oxygen atoms in total. The summed E-state index contributed by atoms with van der Waals surface area (Å²) < 4.78 is 17.8. The van der Waals surface area contributed by atoms with Gasteiger partial charge in [-0.3, -0.25) is 9.59 Å². The first-order valence-electron chi connectivity index (χ1n) is 5.04. The molecule has 0 aliphatic carbocycles. The van der Waals surface area contributed by atoms with Gasteiger partial charge in [-0.2, -0.15) is 0 Å². The molecule has 0 bridgehead atoms. The Morgan fingerprint density at radius 2 is 1.88 bits per heavy atom. The van der Waals surface area contributed by atoms with Gasteiger partial charge in [-0.1, -0.05) is 12.1 Å². The first-order chi connectivity index (χ1) is 7.89. The predicted octanol–water partition coefficient (Wildman–Crippen LogP) is 1.96. The largest absolute Gasteiger partial charge is 0.468 e. The molecule has 0 unspecified atom stereocenters. The van der Waals surface area contributed by atoms with Crippen molar-refractivity contribution < 1.29 is 18.7 Å². The van der Waals surface area contributed by atoms with Gasteiger partial charge < -0.3 is 10.1 Å². The van der Waals surface area contributed by atoms with Gasteiger partial charge in [0, 0.05) is 0 Å². The number of anilines is 1. The summed E-state index contributed by atoms with van der Waals surface area (Å²) in [6, 6.07) is 5.74. The number of methoxy groups -OCH3 is 1. The lowest BCUT2D eigenvalue weighted by molar-refractivity contribution is -0.154. The topological polar surface area (TPSA) is 55.4 Å². The molecule has 1 aromatic rings. The summed E-state index contributed by atoms with van der Waals surface area (Å²) in [4.78, 5) is 23.2.